The van der Waals surface area contributed by atoms with Crippen molar-refractivity contribution in [2.75, 3.05) is 19.6 Å². The molecule has 1 saturated carbocycles. The normalized spacial score (nSPS) is 24.9. The van der Waals surface area contributed by atoms with Crippen LogP contribution in [0.4, 0.5) is 0 Å². The number of imidazole rings is 1. The molecule has 21 heavy (non-hydrogen) atoms. The molecule has 4 rings (SSSR count). The van der Waals surface area contributed by atoms with Crippen molar-refractivity contribution in [1.82, 2.24) is 19.9 Å². The van der Waals surface area contributed by atoms with Crippen LogP contribution in [0.1, 0.15) is 50.3 Å². The molecule has 1 aliphatic carbocycles. The number of pyridine rings is 1. The van der Waals surface area contributed by atoms with Gasteiger partial charge in [0.15, 0.2) is 5.65 Å². The minimum absolute atomic E-state index is 0.558. The molecule has 4 nitrogen and oxygen atoms in total. The Morgan fingerprint density at radius 1 is 1.19 bits per heavy atom. The van der Waals surface area contributed by atoms with E-state index in [1.807, 2.05) is 12.3 Å². The fraction of sp³-hybridized carbons (Fsp3) is 0.647. The van der Waals surface area contributed by atoms with Crippen LogP contribution in [0.3, 0.4) is 0 Å². The Hall–Kier alpha value is -1.42. The maximum absolute atomic E-state index is 4.68. The van der Waals surface area contributed by atoms with Crippen molar-refractivity contribution in [3.8, 4) is 0 Å². The van der Waals surface area contributed by atoms with Crippen LogP contribution in [0.15, 0.2) is 18.3 Å². The predicted molar refractivity (Wildman–Crippen MR) is 84.3 cm³/mol. The van der Waals surface area contributed by atoms with Gasteiger partial charge in [0, 0.05) is 25.2 Å². The van der Waals surface area contributed by atoms with E-state index in [1.54, 1.807) is 0 Å². The number of fused-ring (bicyclic) bond motifs is 1. The number of aromatic amines is 1. The van der Waals surface area contributed by atoms with Gasteiger partial charge in [0.25, 0.3) is 0 Å². The lowest BCUT2D eigenvalue weighted by Gasteiger charge is -2.26. The molecule has 1 aliphatic heterocycles. The Bertz CT molecular complexity index is 567. The molecular formula is C17H24N4. The molecule has 0 bridgehead atoms. The molecule has 112 valence electrons. The van der Waals surface area contributed by atoms with Crippen LogP contribution >= 0.6 is 0 Å². The summed E-state index contributed by atoms with van der Waals surface area (Å²) in [6.45, 7) is 3.69. The molecule has 0 aromatic carbocycles. The van der Waals surface area contributed by atoms with Gasteiger partial charge >= 0.3 is 0 Å². The van der Waals surface area contributed by atoms with Crippen molar-refractivity contribution in [1.29, 1.82) is 0 Å². The summed E-state index contributed by atoms with van der Waals surface area (Å²) in [6.07, 6.45) is 10.3. The zero-order valence-corrected chi connectivity index (χ0v) is 12.6. The summed E-state index contributed by atoms with van der Waals surface area (Å²) in [5.74, 6) is 2.63. The largest absolute Gasteiger partial charge is 0.340 e. The Morgan fingerprint density at radius 3 is 2.95 bits per heavy atom. The second-order valence-electron chi connectivity index (χ2n) is 6.75. The van der Waals surface area contributed by atoms with Gasteiger partial charge in [0.05, 0.1) is 5.52 Å². The predicted octanol–water partition coefficient (Wildman–Crippen LogP) is 3.33. The van der Waals surface area contributed by atoms with Gasteiger partial charge in [0.2, 0.25) is 0 Å². The first kappa shape index (κ1) is 13.3. The number of nitrogens with one attached hydrogen (secondary N) is 1. The zero-order valence-electron chi connectivity index (χ0n) is 12.6. The average Bonchev–Trinajstić information content (AvgIpc) is 3.14. The molecule has 3 heterocycles. The molecule has 0 amide bonds. The first-order valence-electron chi connectivity index (χ1n) is 8.41. The van der Waals surface area contributed by atoms with Gasteiger partial charge in [-0.05, 0) is 43.9 Å². The van der Waals surface area contributed by atoms with Crippen molar-refractivity contribution in [3.05, 3.63) is 24.2 Å². The number of likely N-dealkylation sites (tertiary alicyclic amines) is 1. The van der Waals surface area contributed by atoms with Gasteiger partial charge < -0.3 is 9.88 Å². The number of aromatic nitrogens is 3. The molecule has 0 unspecified atom stereocenters. The van der Waals surface area contributed by atoms with E-state index in [0.29, 0.717) is 5.92 Å². The second kappa shape index (κ2) is 5.76. The topological polar surface area (TPSA) is 44.8 Å². The lowest BCUT2D eigenvalue weighted by Crippen LogP contribution is -2.28. The van der Waals surface area contributed by atoms with Gasteiger partial charge in [-0.3, -0.25) is 0 Å². The maximum atomic E-state index is 4.68. The number of rotatable bonds is 3. The van der Waals surface area contributed by atoms with E-state index < -0.39 is 0 Å². The number of hydrogen-bond acceptors (Lipinski definition) is 3. The molecule has 2 fully saturated rings. The van der Waals surface area contributed by atoms with E-state index >= 15 is 0 Å². The third-order valence-corrected chi connectivity index (χ3v) is 5.18. The fourth-order valence-electron chi connectivity index (χ4n) is 4.01. The zero-order chi connectivity index (χ0) is 14.1. The molecule has 1 N–H and O–H groups in total. The van der Waals surface area contributed by atoms with E-state index in [4.69, 9.17) is 0 Å². The lowest BCUT2D eigenvalue weighted by molar-refractivity contribution is 0.232. The van der Waals surface area contributed by atoms with Crippen LogP contribution < -0.4 is 0 Å². The first-order chi connectivity index (χ1) is 10.4. The molecule has 2 aromatic rings. The molecule has 2 aromatic heterocycles. The van der Waals surface area contributed by atoms with Crippen LogP contribution in [0.25, 0.3) is 11.2 Å². The Kier molecular flexibility index (Phi) is 3.63. The Morgan fingerprint density at radius 2 is 2.10 bits per heavy atom. The maximum Gasteiger partial charge on any atom is 0.177 e. The Labute approximate surface area is 126 Å². The molecular weight excluding hydrogens is 260 g/mol. The van der Waals surface area contributed by atoms with E-state index in [0.717, 1.165) is 29.5 Å². The number of H-pyrrole nitrogens is 1. The van der Waals surface area contributed by atoms with E-state index in [2.05, 4.69) is 25.9 Å². The first-order valence-corrected chi connectivity index (χ1v) is 8.41. The molecule has 1 saturated heterocycles. The van der Waals surface area contributed by atoms with Crippen LogP contribution in [0.5, 0.6) is 0 Å². The van der Waals surface area contributed by atoms with Crippen LogP contribution in [0, 0.1) is 5.92 Å². The van der Waals surface area contributed by atoms with Gasteiger partial charge in [0.1, 0.15) is 5.82 Å². The lowest BCUT2D eigenvalue weighted by atomic mass is 9.89. The van der Waals surface area contributed by atoms with Crippen molar-refractivity contribution < 1.29 is 0 Å². The summed E-state index contributed by atoms with van der Waals surface area (Å²) in [6, 6.07) is 4.03. The third kappa shape index (κ3) is 2.82. The number of hydrogen-bond donors (Lipinski definition) is 1. The van der Waals surface area contributed by atoms with Gasteiger partial charge in [-0.15, -0.1) is 0 Å². The summed E-state index contributed by atoms with van der Waals surface area (Å²) >= 11 is 0. The molecule has 4 heteroatoms. The van der Waals surface area contributed by atoms with Crippen molar-refractivity contribution in [3.63, 3.8) is 0 Å². The summed E-state index contributed by atoms with van der Waals surface area (Å²) < 4.78 is 0. The quantitative estimate of drug-likeness (QED) is 0.940. The standard InChI is InChI=1S/C17H24N4/c1-2-5-13(6-3-1)11-21-10-8-14(12-21)16-19-15-7-4-9-18-17(15)20-16/h4,7,9,13-14H,1-3,5-6,8,10-12H2,(H,18,19,20)/t14-/m0/s1. The number of nitrogens with zero attached hydrogens (tertiary/aromatic N) is 3. The van der Waals surface area contributed by atoms with Gasteiger partial charge in [-0.1, -0.05) is 19.3 Å². The Balaban J connectivity index is 1.41. The highest BCUT2D eigenvalue weighted by atomic mass is 15.2. The SMILES string of the molecule is c1cnc2nc([C@H]3CCN(CC4CCCCC4)C3)[nH]c2c1. The molecule has 0 spiro atoms. The van der Waals surface area contributed by atoms with Crippen LogP contribution in [0.2, 0.25) is 0 Å². The molecule has 0 radical (unpaired) electrons. The van der Waals surface area contributed by atoms with Gasteiger partial charge in [-0.25, -0.2) is 9.97 Å². The highest BCUT2D eigenvalue weighted by molar-refractivity contribution is 5.70. The second-order valence-corrected chi connectivity index (χ2v) is 6.75. The van der Waals surface area contributed by atoms with Crippen molar-refractivity contribution in [2.24, 2.45) is 5.92 Å². The summed E-state index contributed by atoms with van der Waals surface area (Å²) in [4.78, 5) is 15.1. The minimum atomic E-state index is 0.558. The highest BCUT2D eigenvalue weighted by Gasteiger charge is 2.28. The van der Waals surface area contributed by atoms with Gasteiger partial charge in [-0.2, -0.15) is 0 Å². The summed E-state index contributed by atoms with van der Waals surface area (Å²) in [7, 11) is 0. The minimum Gasteiger partial charge on any atom is -0.340 e. The summed E-state index contributed by atoms with van der Waals surface area (Å²) in [5.41, 5.74) is 1.93. The fourth-order valence-corrected chi connectivity index (χ4v) is 4.01. The van der Waals surface area contributed by atoms with Crippen molar-refractivity contribution in [2.45, 2.75) is 44.4 Å². The monoisotopic (exact) mass is 284 g/mol. The average molecular weight is 284 g/mol. The van der Waals surface area contributed by atoms with E-state index in [-0.39, 0.29) is 0 Å². The highest BCUT2D eigenvalue weighted by Crippen LogP contribution is 2.30. The van der Waals surface area contributed by atoms with Crippen molar-refractivity contribution >= 4 is 11.2 Å². The molecule has 1 atom stereocenters. The summed E-state index contributed by atoms with van der Waals surface area (Å²) in [5, 5.41) is 0. The smallest absolute Gasteiger partial charge is 0.177 e. The molecule has 2 aliphatic rings. The van der Waals surface area contributed by atoms with Crippen LogP contribution in [-0.2, 0) is 0 Å². The van der Waals surface area contributed by atoms with E-state index in [1.165, 1.54) is 51.6 Å². The van der Waals surface area contributed by atoms with Crippen LogP contribution in [-0.4, -0.2) is 39.5 Å². The third-order valence-electron chi connectivity index (χ3n) is 5.18. The van der Waals surface area contributed by atoms with E-state index in [9.17, 15) is 0 Å².